The van der Waals surface area contributed by atoms with Crippen LogP contribution in [-0.4, -0.2) is 28.8 Å². The zero-order chi connectivity index (χ0) is 15.9. The summed E-state index contributed by atoms with van der Waals surface area (Å²) in [5.41, 5.74) is 1.03. The van der Waals surface area contributed by atoms with Gasteiger partial charge in [-0.2, -0.15) is 0 Å². The molecule has 1 aromatic carbocycles. The number of aliphatic hydroxyl groups is 1. The Hall–Kier alpha value is -2.15. The van der Waals surface area contributed by atoms with E-state index in [0.717, 1.165) is 6.07 Å². The van der Waals surface area contributed by atoms with E-state index in [2.05, 4.69) is 10.6 Å². The van der Waals surface area contributed by atoms with E-state index < -0.39 is 18.0 Å². The van der Waals surface area contributed by atoms with Gasteiger partial charge in [0.15, 0.2) is 0 Å². The largest absolute Gasteiger partial charge is 0.365 e. The highest BCUT2D eigenvalue weighted by Crippen LogP contribution is 2.31. The Morgan fingerprint density at radius 1 is 1.27 bits per heavy atom. The number of aliphatic hydroxyl groups excluding tert-OH is 1. The van der Waals surface area contributed by atoms with Crippen LogP contribution in [-0.2, 0) is 4.79 Å². The van der Waals surface area contributed by atoms with Crippen LogP contribution in [0.2, 0.25) is 0 Å². The molecule has 1 aromatic rings. The molecule has 0 aromatic heterocycles. The number of rotatable bonds is 2. The lowest BCUT2D eigenvalue weighted by Gasteiger charge is -2.39. The number of carbonyl (C=O) groups is 1. The van der Waals surface area contributed by atoms with Gasteiger partial charge in [0.2, 0.25) is 6.35 Å². The summed E-state index contributed by atoms with van der Waals surface area (Å²) in [5, 5.41) is 15.8. The predicted molar refractivity (Wildman–Crippen MR) is 75.0 cm³/mol. The third-order valence-corrected chi connectivity index (χ3v) is 4.02. The number of halogens is 2. The third kappa shape index (κ3) is 2.52. The molecule has 0 saturated heterocycles. The normalized spacial score (nSPS) is 24.7. The van der Waals surface area contributed by atoms with Gasteiger partial charge in [0.1, 0.15) is 17.5 Å². The van der Waals surface area contributed by atoms with Gasteiger partial charge in [-0.1, -0.05) is 0 Å². The lowest BCUT2D eigenvalue weighted by atomic mass is 9.93. The highest BCUT2D eigenvalue weighted by Gasteiger charge is 2.35. The van der Waals surface area contributed by atoms with Gasteiger partial charge in [-0.05, 0) is 37.5 Å². The minimum Gasteiger partial charge on any atom is -0.365 e. The highest BCUT2D eigenvalue weighted by atomic mass is 19.1. The Kier molecular flexibility index (Phi) is 3.74. The van der Waals surface area contributed by atoms with E-state index in [4.69, 9.17) is 0 Å². The van der Waals surface area contributed by atoms with Crippen molar-refractivity contribution < 1.29 is 18.7 Å². The number of amides is 1. The molecule has 2 aliphatic heterocycles. The van der Waals surface area contributed by atoms with Gasteiger partial charge in [-0.15, -0.1) is 0 Å². The summed E-state index contributed by atoms with van der Waals surface area (Å²) >= 11 is 0. The lowest BCUT2D eigenvalue weighted by molar-refractivity contribution is -0.141. The summed E-state index contributed by atoms with van der Waals surface area (Å²) in [5.74, 6) is -1.06. The molecule has 0 fully saturated rings. The zero-order valence-electron chi connectivity index (χ0n) is 12.1. The van der Waals surface area contributed by atoms with Gasteiger partial charge in [-0.25, -0.2) is 8.78 Å². The van der Waals surface area contributed by atoms with Crippen molar-refractivity contribution in [2.24, 2.45) is 0 Å². The van der Waals surface area contributed by atoms with Crippen LogP contribution in [0.5, 0.6) is 0 Å². The summed E-state index contributed by atoms with van der Waals surface area (Å²) < 4.78 is 26.7. The zero-order valence-corrected chi connectivity index (χ0v) is 12.1. The molecule has 3 N–H and O–H groups in total. The molecule has 2 heterocycles. The molecular weight excluding hydrogens is 292 g/mol. The average Bonchev–Trinajstić information content (AvgIpc) is 2.46. The Labute approximate surface area is 126 Å². The molecule has 22 heavy (non-hydrogen) atoms. The van der Waals surface area contributed by atoms with Crippen molar-refractivity contribution in [1.82, 2.24) is 15.5 Å². The molecule has 0 radical (unpaired) electrons. The molecule has 2 aliphatic rings. The molecule has 5 nitrogen and oxygen atoms in total. The van der Waals surface area contributed by atoms with Crippen LogP contribution >= 0.6 is 0 Å². The second-order valence-corrected chi connectivity index (χ2v) is 5.40. The predicted octanol–water partition coefficient (Wildman–Crippen LogP) is 1.33. The number of carbonyl (C=O) groups excluding carboxylic acids is 1. The van der Waals surface area contributed by atoms with Gasteiger partial charge in [0.25, 0.3) is 5.91 Å². The number of hydrogen-bond donors (Lipinski definition) is 3. The number of benzene rings is 1. The molecule has 7 heteroatoms. The van der Waals surface area contributed by atoms with Gasteiger partial charge >= 0.3 is 0 Å². The minimum absolute atomic E-state index is 0.222. The van der Waals surface area contributed by atoms with Crippen LogP contribution < -0.4 is 10.6 Å². The molecule has 2 atom stereocenters. The highest BCUT2D eigenvalue weighted by molar-refractivity contribution is 5.95. The molecule has 0 bridgehead atoms. The number of nitrogens with one attached hydrogen (secondary N) is 2. The van der Waals surface area contributed by atoms with E-state index in [1.54, 1.807) is 6.92 Å². The van der Waals surface area contributed by atoms with Crippen molar-refractivity contribution in [3.05, 3.63) is 46.8 Å². The maximum atomic E-state index is 13.3. The molecule has 1 unspecified atom stereocenters. The second-order valence-electron chi connectivity index (χ2n) is 5.40. The van der Waals surface area contributed by atoms with Gasteiger partial charge in [0.05, 0.1) is 11.6 Å². The monoisotopic (exact) mass is 309 g/mol. The smallest absolute Gasteiger partial charge is 0.256 e. The Bertz CT molecular complexity index is 627. The van der Waals surface area contributed by atoms with E-state index in [0.29, 0.717) is 36.3 Å². The van der Waals surface area contributed by atoms with Crippen LogP contribution in [0, 0.1) is 11.6 Å². The van der Waals surface area contributed by atoms with Crippen molar-refractivity contribution in [3.63, 3.8) is 0 Å². The topological polar surface area (TPSA) is 64.6 Å². The van der Waals surface area contributed by atoms with Gasteiger partial charge in [-0.3, -0.25) is 9.69 Å². The van der Waals surface area contributed by atoms with E-state index in [9.17, 15) is 18.7 Å². The van der Waals surface area contributed by atoms with Crippen LogP contribution in [0.1, 0.15) is 31.4 Å². The fourth-order valence-electron chi connectivity index (χ4n) is 2.92. The standard InChI is InChI=1S/C15H17F2N3O2/c1-2-20-14(21)11-3-4-12(18-13(11)19-15(20)22)8-5-9(16)7-10(17)6-8/h5-7,12,15,18-19,22H,2-4H2,1H3/t12-,15?/m1/s1. The van der Waals surface area contributed by atoms with Crippen molar-refractivity contribution in [1.29, 1.82) is 0 Å². The number of hydrogen-bond acceptors (Lipinski definition) is 4. The first-order valence-corrected chi connectivity index (χ1v) is 7.21. The van der Waals surface area contributed by atoms with E-state index in [1.807, 2.05) is 0 Å². The maximum Gasteiger partial charge on any atom is 0.256 e. The van der Waals surface area contributed by atoms with E-state index in [1.165, 1.54) is 17.0 Å². The summed E-state index contributed by atoms with van der Waals surface area (Å²) in [7, 11) is 0. The van der Waals surface area contributed by atoms with Crippen LogP contribution in [0.3, 0.4) is 0 Å². The Balaban J connectivity index is 1.87. The van der Waals surface area contributed by atoms with Crippen molar-refractivity contribution >= 4 is 5.91 Å². The molecule has 0 spiro atoms. The molecule has 1 amide bonds. The molecule has 0 saturated carbocycles. The fourth-order valence-corrected chi connectivity index (χ4v) is 2.92. The third-order valence-electron chi connectivity index (χ3n) is 4.02. The summed E-state index contributed by atoms with van der Waals surface area (Å²) in [6.07, 6.45) is -0.0880. The lowest BCUT2D eigenvalue weighted by Crippen LogP contribution is -2.56. The fraction of sp³-hybridized carbons (Fsp3) is 0.400. The number of nitrogens with zero attached hydrogens (tertiary/aromatic N) is 1. The van der Waals surface area contributed by atoms with Gasteiger partial charge in [0, 0.05) is 12.6 Å². The quantitative estimate of drug-likeness (QED) is 0.771. The van der Waals surface area contributed by atoms with Crippen molar-refractivity contribution in [3.8, 4) is 0 Å². The van der Waals surface area contributed by atoms with Crippen LogP contribution in [0.15, 0.2) is 29.6 Å². The maximum absolute atomic E-state index is 13.3. The molecule has 118 valence electrons. The summed E-state index contributed by atoms with van der Waals surface area (Å²) in [4.78, 5) is 13.6. The van der Waals surface area contributed by atoms with Crippen molar-refractivity contribution in [2.45, 2.75) is 32.2 Å². The summed E-state index contributed by atoms with van der Waals surface area (Å²) in [6, 6.07) is 3.05. The first-order valence-electron chi connectivity index (χ1n) is 7.21. The molecule has 0 aliphatic carbocycles. The SMILES string of the molecule is CCN1C(=O)C2=C(NC1O)N[C@@H](c1cc(F)cc(F)c1)CC2. The molecule has 3 rings (SSSR count). The second kappa shape index (κ2) is 5.57. The van der Waals surface area contributed by atoms with Gasteiger partial charge < -0.3 is 15.7 Å². The first-order chi connectivity index (χ1) is 10.5. The average molecular weight is 309 g/mol. The van der Waals surface area contributed by atoms with Crippen molar-refractivity contribution in [2.75, 3.05) is 6.54 Å². The molecular formula is C15H17F2N3O2. The minimum atomic E-state index is -1.10. The Morgan fingerprint density at radius 2 is 1.95 bits per heavy atom. The van der Waals surface area contributed by atoms with Crippen LogP contribution in [0.25, 0.3) is 0 Å². The summed E-state index contributed by atoms with van der Waals surface area (Å²) in [6.45, 7) is 2.17. The van der Waals surface area contributed by atoms with E-state index >= 15 is 0 Å². The number of likely N-dealkylation sites (N-methyl/N-ethyl adjacent to an activating group) is 1. The van der Waals surface area contributed by atoms with Crippen LogP contribution in [0.4, 0.5) is 8.78 Å². The Morgan fingerprint density at radius 3 is 2.59 bits per heavy atom. The van der Waals surface area contributed by atoms with E-state index in [-0.39, 0.29) is 11.9 Å². The first kappa shape index (κ1) is 14.8.